The second kappa shape index (κ2) is 8.97. The maximum Gasteiger partial charge on any atom is 0.241 e. The van der Waals surface area contributed by atoms with Crippen molar-refractivity contribution in [2.75, 3.05) is 31.3 Å². The minimum Gasteiger partial charge on any atom is -0.497 e. The van der Waals surface area contributed by atoms with Gasteiger partial charge in [-0.15, -0.1) is 0 Å². The number of sulfonamides is 1. The molecule has 0 aliphatic rings. The molecule has 7 nitrogen and oxygen atoms in total. The van der Waals surface area contributed by atoms with Crippen LogP contribution in [0.15, 0.2) is 42.5 Å². The van der Waals surface area contributed by atoms with Crippen LogP contribution < -0.4 is 19.1 Å². The molecule has 1 N–H and O–H groups in total. The second-order valence-electron chi connectivity index (χ2n) is 6.51. The highest BCUT2D eigenvalue weighted by molar-refractivity contribution is 7.92. The molecular formula is C20H26N2O5S. The number of anilines is 1. The van der Waals surface area contributed by atoms with Gasteiger partial charge in [-0.2, -0.15) is 0 Å². The number of amides is 1. The van der Waals surface area contributed by atoms with E-state index in [-0.39, 0.29) is 12.6 Å². The van der Waals surface area contributed by atoms with Crippen molar-refractivity contribution in [1.82, 2.24) is 5.32 Å². The summed E-state index contributed by atoms with van der Waals surface area (Å²) in [6.45, 7) is 3.33. The lowest BCUT2D eigenvalue weighted by atomic mass is 10.1. The lowest BCUT2D eigenvalue weighted by Crippen LogP contribution is -2.41. The highest BCUT2D eigenvalue weighted by Crippen LogP contribution is 2.31. The standard InChI is InChI=1S/C20H26N2O5S/c1-14-6-11-19(27-4)18(12-14)22(28(5,24)25)13-20(23)21-15(2)16-7-9-17(26-3)10-8-16/h6-12,15H,13H2,1-5H3,(H,21,23). The number of benzene rings is 2. The first-order valence-electron chi connectivity index (χ1n) is 8.71. The first-order chi connectivity index (χ1) is 13.2. The van der Waals surface area contributed by atoms with E-state index in [1.165, 1.54) is 7.11 Å². The zero-order chi connectivity index (χ0) is 20.9. The molecule has 2 aromatic rings. The van der Waals surface area contributed by atoms with Crippen molar-refractivity contribution in [3.8, 4) is 11.5 Å². The topological polar surface area (TPSA) is 84.9 Å². The Labute approximate surface area is 166 Å². The summed E-state index contributed by atoms with van der Waals surface area (Å²) < 4.78 is 36.2. The molecule has 0 fully saturated rings. The van der Waals surface area contributed by atoms with Gasteiger partial charge in [-0.25, -0.2) is 8.42 Å². The highest BCUT2D eigenvalue weighted by atomic mass is 32.2. The van der Waals surface area contributed by atoms with Crippen LogP contribution in [-0.2, 0) is 14.8 Å². The summed E-state index contributed by atoms with van der Waals surface area (Å²) in [6, 6.07) is 12.2. The molecule has 0 spiro atoms. The summed E-state index contributed by atoms with van der Waals surface area (Å²) in [4.78, 5) is 12.6. The van der Waals surface area contributed by atoms with Crippen molar-refractivity contribution in [2.45, 2.75) is 19.9 Å². The second-order valence-corrected chi connectivity index (χ2v) is 8.41. The molecule has 0 aliphatic heterocycles. The maximum atomic E-state index is 12.6. The van der Waals surface area contributed by atoms with Crippen molar-refractivity contribution in [2.24, 2.45) is 0 Å². The largest absolute Gasteiger partial charge is 0.497 e. The normalized spacial score (nSPS) is 12.2. The number of nitrogens with zero attached hydrogens (tertiary/aromatic N) is 1. The molecule has 1 unspecified atom stereocenters. The van der Waals surface area contributed by atoms with Crippen LogP contribution in [0.25, 0.3) is 0 Å². The number of rotatable bonds is 8. The minimum atomic E-state index is -3.70. The first-order valence-corrected chi connectivity index (χ1v) is 10.6. The van der Waals surface area contributed by atoms with Gasteiger partial charge < -0.3 is 14.8 Å². The van der Waals surface area contributed by atoms with E-state index in [2.05, 4.69) is 5.32 Å². The van der Waals surface area contributed by atoms with Crippen LogP contribution >= 0.6 is 0 Å². The van der Waals surface area contributed by atoms with Crippen molar-refractivity contribution >= 4 is 21.6 Å². The minimum absolute atomic E-state index is 0.292. The molecule has 1 atom stereocenters. The van der Waals surface area contributed by atoms with Crippen LogP contribution in [0.3, 0.4) is 0 Å². The van der Waals surface area contributed by atoms with E-state index in [9.17, 15) is 13.2 Å². The molecule has 0 heterocycles. The average molecular weight is 407 g/mol. The Hall–Kier alpha value is -2.74. The molecule has 0 saturated carbocycles. The predicted octanol–water partition coefficient (Wildman–Crippen LogP) is 2.66. The van der Waals surface area contributed by atoms with Crippen molar-refractivity contribution in [3.05, 3.63) is 53.6 Å². The summed E-state index contributed by atoms with van der Waals surface area (Å²) in [6.07, 6.45) is 1.06. The fourth-order valence-corrected chi connectivity index (χ4v) is 3.62. The molecular weight excluding hydrogens is 380 g/mol. The number of ether oxygens (including phenoxy) is 2. The molecule has 0 bridgehead atoms. The highest BCUT2D eigenvalue weighted by Gasteiger charge is 2.25. The van der Waals surface area contributed by atoms with Crippen molar-refractivity contribution < 1.29 is 22.7 Å². The summed E-state index contributed by atoms with van der Waals surface area (Å²) in [7, 11) is -0.654. The molecule has 0 saturated heterocycles. The van der Waals surface area contributed by atoms with Crippen molar-refractivity contribution in [3.63, 3.8) is 0 Å². The van der Waals surface area contributed by atoms with Crippen LogP contribution in [0.5, 0.6) is 11.5 Å². The van der Waals surface area contributed by atoms with E-state index in [1.807, 2.05) is 32.0 Å². The van der Waals surface area contributed by atoms with Gasteiger partial charge in [0.1, 0.15) is 18.0 Å². The van der Waals surface area contributed by atoms with E-state index in [0.717, 1.165) is 27.4 Å². The van der Waals surface area contributed by atoms with Crippen LogP contribution in [0.2, 0.25) is 0 Å². The van der Waals surface area contributed by atoms with E-state index in [4.69, 9.17) is 9.47 Å². The molecule has 0 aromatic heterocycles. The van der Waals surface area contributed by atoms with Gasteiger partial charge in [-0.05, 0) is 49.2 Å². The number of carbonyl (C=O) groups is 1. The summed E-state index contributed by atoms with van der Waals surface area (Å²) in [5.74, 6) is 0.682. The SMILES string of the molecule is COc1ccc(C(C)NC(=O)CN(c2cc(C)ccc2OC)S(C)(=O)=O)cc1. The Morgan fingerprint density at radius 3 is 2.29 bits per heavy atom. The average Bonchev–Trinajstić information content (AvgIpc) is 2.65. The van der Waals surface area contributed by atoms with Crippen LogP contribution in [0.4, 0.5) is 5.69 Å². The fraction of sp³-hybridized carbons (Fsp3) is 0.350. The number of hydrogen-bond acceptors (Lipinski definition) is 5. The predicted molar refractivity (Wildman–Crippen MR) is 109 cm³/mol. The quantitative estimate of drug-likeness (QED) is 0.729. The number of hydrogen-bond donors (Lipinski definition) is 1. The monoisotopic (exact) mass is 406 g/mol. The third kappa shape index (κ3) is 5.39. The van der Waals surface area contributed by atoms with Gasteiger partial charge in [0.05, 0.1) is 32.2 Å². The number of aryl methyl sites for hydroxylation is 1. The lowest BCUT2D eigenvalue weighted by molar-refractivity contribution is -0.120. The van der Waals surface area contributed by atoms with Gasteiger partial charge in [-0.3, -0.25) is 9.10 Å². The van der Waals surface area contributed by atoms with Gasteiger partial charge in [0.15, 0.2) is 0 Å². The summed E-state index contributed by atoms with van der Waals surface area (Å²) >= 11 is 0. The molecule has 152 valence electrons. The zero-order valence-corrected chi connectivity index (χ0v) is 17.5. The molecule has 28 heavy (non-hydrogen) atoms. The Balaban J connectivity index is 2.21. The van der Waals surface area contributed by atoms with Gasteiger partial charge in [0.2, 0.25) is 15.9 Å². The molecule has 8 heteroatoms. The van der Waals surface area contributed by atoms with Crippen LogP contribution in [0, 0.1) is 6.92 Å². The molecule has 2 rings (SSSR count). The number of nitrogens with one attached hydrogen (secondary N) is 1. The fourth-order valence-electron chi connectivity index (χ4n) is 2.77. The third-order valence-corrected chi connectivity index (χ3v) is 5.41. The Kier molecular flexibility index (Phi) is 6.90. The third-order valence-electron chi connectivity index (χ3n) is 4.28. The van der Waals surface area contributed by atoms with E-state index in [1.54, 1.807) is 31.4 Å². The smallest absolute Gasteiger partial charge is 0.241 e. The number of carbonyl (C=O) groups excluding carboxylic acids is 1. The lowest BCUT2D eigenvalue weighted by Gasteiger charge is -2.25. The first kappa shape index (κ1) is 21.6. The molecule has 2 aromatic carbocycles. The van der Waals surface area contributed by atoms with Gasteiger partial charge >= 0.3 is 0 Å². The van der Waals surface area contributed by atoms with E-state index in [0.29, 0.717) is 11.4 Å². The Bertz CT molecular complexity index is 926. The zero-order valence-electron chi connectivity index (χ0n) is 16.7. The molecule has 0 radical (unpaired) electrons. The number of methoxy groups -OCH3 is 2. The maximum absolute atomic E-state index is 12.6. The molecule has 0 aliphatic carbocycles. The summed E-state index contributed by atoms with van der Waals surface area (Å²) in [5.41, 5.74) is 2.07. The van der Waals surface area contributed by atoms with Crippen molar-refractivity contribution in [1.29, 1.82) is 0 Å². The van der Waals surface area contributed by atoms with E-state index >= 15 is 0 Å². The van der Waals surface area contributed by atoms with Gasteiger partial charge in [0.25, 0.3) is 0 Å². The van der Waals surface area contributed by atoms with Crippen LogP contribution in [0.1, 0.15) is 24.1 Å². The Morgan fingerprint density at radius 2 is 1.75 bits per heavy atom. The van der Waals surface area contributed by atoms with Crippen LogP contribution in [-0.4, -0.2) is 41.3 Å². The van der Waals surface area contributed by atoms with E-state index < -0.39 is 15.9 Å². The summed E-state index contributed by atoms with van der Waals surface area (Å²) in [5, 5.41) is 2.83. The Morgan fingerprint density at radius 1 is 1.11 bits per heavy atom. The molecule has 1 amide bonds. The van der Waals surface area contributed by atoms with Gasteiger partial charge in [0, 0.05) is 0 Å². The van der Waals surface area contributed by atoms with Gasteiger partial charge in [-0.1, -0.05) is 18.2 Å².